The van der Waals surface area contributed by atoms with Crippen molar-refractivity contribution in [2.24, 2.45) is 0 Å². The van der Waals surface area contributed by atoms with Crippen LogP contribution in [-0.4, -0.2) is 21.8 Å². The fourth-order valence-corrected chi connectivity index (χ4v) is 2.23. The van der Waals surface area contributed by atoms with Gasteiger partial charge in [-0.1, -0.05) is 0 Å². The van der Waals surface area contributed by atoms with Crippen molar-refractivity contribution in [1.82, 2.24) is 15.3 Å². The van der Waals surface area contributed by atoms with Crippen LogP contribution in [0, 0.1) is 0 Å². The Kier molecular flexibility index (Phi) is 2.39. The number of aromatic amines is 1. The molecule has 0 unspecified atom stereocenters. The fourth-order valence-electron chi connectivity index (χ4n) is 2.23. The maximum Gasteiger partial charge on any atom is 0.226 e. The first-order chi connectivity index (χ1) is 9.79. The Hall–Kier alpha value is -2.56. The molecular weight excluding hydrogens is 254 g/mol. The number of nitrogens with one attached hydrogen (secondary N) is 2. The molecule has 0 atom stereocenters. The molecule has 0 bridgehead atoms. The van der Waals surface area contributed by atoms with E-state index >= 15 is 0 Å². The topological polar surface area (TPSA) is 67.0 Å². The predicted molar refractivity (Wildman–Crippen MR) is 74.4 cm³/mol. The van der Waals surface area contributed by atoms with E-state index in [1.165, 1.54) is 6.08 Å². The van der Waals surface area contributed by atoms with Gasteiger partial charge in [-0.25, -0.2) is 4.98 Å². The van der Waals surface area contributed by atoms with E-state index in [9.17, 15) is 4.79 Å². The Morgan fingerprint density at radius 2 is 2.35 bits per heavy atom. The van der Waals surface area contributed by atoms with Crippen LogP contribution in [-0.2, 0) is 9.53 Å². The minimum absolute atomic E-state index is 0.105. The van der Waals surface area contributed by atoms with Gasteiger partial charge in [0.05, 0.1) is 0 Å². The lowest BCUT2D eigenvalue weighted by Gasteiger charge is -2.05. The summed E-state index contributed by atoms with van der Waals surface area (Å²) in [7, 11) is 0. The van der Waals surface area contributed by atoms with E-state index in [1.807, 2.05) is 18.3 Å². The van der Waals surface area contributed by atoms with Gasteiger partial charge in [-0.15, -0.1) is 0 Å². The highest BCUT2D eigenvalue weighted by Gasteiger charge is 2.27. The molecule has 0 amide bonds. The largest absolute Gasteiger partial charge is 0.437 e. The normalized spacial score (nSPS) is 20.3. The summed E-state index contributed by atoms with van der Waals surface area (Å²) in [4.78, 5) is 19.2. The third-order valence-corrected chi connectivity index (χ3v) is 3.42. The Bertz CT molecular complexity index is 753. The van der Waals surface area contributed by atoms with E-state index in [0.717, 1.165) is 29.4 Å². The molecule has 3 heterocycles. The van der Waals surface area contributed by atoms with E-state index in [-0.39, 0.29) is 5.78 Å². The molecule has 1 aliphatic carbocycles. The van der Waals surface area contributed by atoms with Crippen molar-refractivity contribution >= 4 is 22.9 Å². The van der Waals surface area contributed by atoms with Gasteiger partial charge in [0.2, 0.25) is 5.78 Å². The second kappa shape index (κ2) is 4.23. The molecule has 100 valence electrons. The summed E-state index contributed by atoms with van der Waals surface area (Å²) in [5, 5.41) is 4.16. The molecular formula is C15H13N3O2. The van der Waals surface area contributed by atoms with Crippen LogP contribution in [0.3, 0.4) is 0 Å². The van der Waals surface area contributed by atoms with E-state index in [1.54, 1.807) is 12.3 Å². The zero-order chi connectivity index (χ0) is 13.5. The third-order valence-electron chi connectivity index (χ3n) is 3.42. The molecule has 0 radical (unpaired) electrons. The summed E-state index contributed by atoms with van der Waals surface area (Å²) >= 11 is 0. The minimum atomic E-state index is -0.105. The van der Waals surface area contributed by atoms with Gasteiger partial charge in [0, 0.05) is 35.5 Å². The maximum atomic E-state index is 11.9. The third kappa shape index (κ3) is 1.97. The maximum absolute atomic E-state index is 11.9. The van der Waals surface area contributed by atoms with Gasteiger partial charge in [0.25, 0.3) is 0 Å². The molecule has 0 spiro atoms. The van der Waals surface area contributed by atoms with Gasteiger partial charge in [-0.05, 0) is 31.1 Å². The van der Waals surface area contributed by atoms with E-state index < -0.39 is 0 Å². The number of ether oxygens (including phenoxy) is 1. The van der Waals surface area contributed by atoms with Crippen molar-refractivity contribution in [2.75, 3.05) is 0 Å². The smallest absolute Gasteiger partial charge is 0.226 e. The number of hydrogen-bond donors (Lipinski definition) is 2. The van der Waals surface area contributed by atoms with Gasteiger partial charge in [-0.3, -0.25) is 4.79 Å². The number of carbonyl (C=O) groups excluding carboxylic acids is 1. The Morgan fingerprint density at radius 1 is 1.45 bits per heavy atom. The second-order valence-electron chi connectivity index (χ2n) is 5.05. The molecule has 1 saturated carbocycles. The molecule has 2 aliphatic rings. The second-order valence-corrected chi connectivity index (χ2v) is 5.05. The van der Waals surface area contributed by atoms with Crippen LogP contribution in [0.4, 0.5) is 0 Å². The summed E-state index contributed by atoms with van der Waals surface area (Å²) in [5.41, 5.74) is 1.70. The van der Waals surface area contributed by atoms with E-state index in [0.29, 0.717) is 17.7 Å². The highest BCUT2D eigenvalue weighted by Crippen LogP contribution is 2.26. The molecule has 4 rings (SSSR count). The van der Waals surface area contributed by atoms with Crippen LogP contribution in [0.1, 0.15) is 18.4 Å². The van der Waals surface area contributed by atoms with Gasteiger partial charge in [-0.2, -0.15) is 0 Å². The molecule has 2 aromatic heterocycles. The first-order valence-electron chi connectivity index (χ1n) is 6.64. The number of H-pyrrole nitrogens is 1. The van der Waals surface area contributed by atoms with Crippen molar-refractivity contribution in [3.05, 3.63) is 47.8 Å². The Morgan fingerprint density at radius 3 is 3.20 bits per heavy atom. The number of hydrogen-bond acceptors (Lipinski definition) is 4. The molecule has 0 aromatic carbocycles. The number of nitrogens with zero attached hydrogens (tertiary/aromatic N) is 1. The van der Waals surface area contributed by atoms with Crippen LogP contribution in [0.25, 0.3) is 17.1 Å². The molecule has 5 heteroatoms. The standard InChI is InChI=1S/C15H13N3O2/c19-12-7-14(18-10-3-4-10)20-13(12)6-9-8-17-15-11(9)2-1-5-16-15/h1-2,5-8,10,18H,3-4H2,(H,16,17)/b13-6+. The Labute approximate surface area is 115 Å². The van der Waals surface area contributed by atoms with Crippen molar-refractivity contribution in [1.29, 1.82) is 0 Å². The number of carbonyl (C=O) groups is 1. The van der Waals surface area contributed by atoms with Gasteiger partial charge in [0.15, 0.2) is 11.6 Å². The monoisotopic (exact) mass is 267 g/mol. The molecule has 0 saturated heterocycles. The summed E-state index contributed by atoms with van der Waals surface area (Å²) in [6.45, 7) is 0. The SMILES string of the molecule is O=C1C=C(NC2CC2)O/C1=C/c1c[nH]c2ncccc12. The zero-order valence-corrected chi connectivity index (χ0v) is 10.7. The van der Waals surface area contributed by atoms with Gasteiger partial charge in [0.1, 0.15) is 5.65 Å². The lowest BCUT2D eigenvalue weighted by atomic mass is 10.2. The number of fused-ring (bicyclic) bond motifs is 1. The van der Waals surface area contributed by atoms with Crippen LogP contribution >= 0.6 is 0 Å². The van der Waals surface area contributed by atoms with Gasteiger partial charge < -0.3 is 15.0 Å². The first kappa shape index (κ1) is 11.3. The number of ketones is 1. The molecule has 1 aliphatic heterocycles. The highest BCUT2D eigenvalue weighted by atomic mass is 16.5. The van der Waals surface area contributed by atoms with Crippen molar-refractivity contribution in [2.45, 2.75) is 18.9 Å². The molecule has 5 nitrogen and oxygen atoms in total. The number of pyridine rings is 1. The number of aromatic nitrogens is 2. The fraction of sp³-hybridized carbons (Fsp3) is 0.200. The van der Waals surface area contributed by atoms with Crippen LogP contribution in [0.2, 0.25) is 0 Å². The van der Waals surface area contributed by atoms with Crippen LogP contribution in [0.15, 0.2) is 42.2 Å². The predicted octanol–water partition coefficient (Wildman–Crippen LogP) is 2.10. The van der Waals surface area contributed by atoms with Crippen LogP contribution in [0.5, 0.6) is 0 Å². The lowest BCUT2D eigenvalue weighted by Crippen LogP contribution is -2.15. The summed E-state index contributed by atoms with van der Waals surface area (Å²) < 4.78 is 5.57. The van der Waals surface area contributed by atoms with E-state index in [4.69, 9.17) is 4.74 Å². The quantitative estimate of drug-likeness (QED) is 0.836. The number of allylic oxidation sites excluding steroid dienone is 1. The van der Waals surface area contributed by atoms with Gasteiger partial charge >= 0.3 is 0 Å². The molecule has 2 N–H and O–H groups in total. The first-order valence-corrected chi connectivity index (χ1v) is 6.64. The van der Waals surface area contributed by atoms with Crippen molar-refractivity contribution in [3.8, 4) is 0 Å². The molecule has 1 fully saturated rings. The summed E-state index contributed by atoms with van der Waals surface area (Å²) in [6, 6.07) is 4.29. The Balaban J connectivity index is 1.62. The minimum Gasteiger partial charge on any atom is -0.437 e. The zero-order valence-electron chi connectivity index (χ0n) is 10.7. The van der Waals surface area contributed by atoms with E-state index in [2.05, 4.69) is 15.3 Å². The van der Waals surface area contributed by atoms with Crippen LogP contribution < -0.4 is 5.32 Å². The highest BCUT2D eigenvalue weighted by molar-refractivity contribution is 6.08. The number of rotatable bonds is 3. The average Bonchev–Trinajstić information content (AvgIpc) is 3.07. The summed E-state index contributed by atoms with van der Waals surface area (Å²) in [6.07, 6.45) is 9.10. The van der Waals surface area contributed by atoms with Crippen molar-refractivity contribution < 1.29 is 9.53 Å². The molecule has 2 aromatic rings. The average molecular weight is 267 g/mol. The molecule has 20 heavy (non-hydrogen) atoms. The van der Waals surface area contributed by atoms with Crippen molar-refractivity contribution in [3.63, 3.8) is 0 Å². The summed E-state index contributed by atoms with van der Waals surface area (Å²) in [5.74, 6) is 0.797. The lowest BCUT2D eigenvalue weighted by molar-refractivity contribution is -0.112.